The van der Waals surface area contributed by atoms with Crippen LogP contribution in [0.4, 0.5) is 11.4 Å². The molecule has 2 unspecified atom stereocenters. The number of hydrogen-bond acceptors (Lipinski definition) is 6. The van der Waals surface area contributed by atoms with Gasteiger partial charge >= 0.3 is 5.97 Å². The number of nitrogens with one attached hydrogen (secondary N) is 1. The number of nitrogens with zero attached hydrogens (tertiary/aromatic N) is 1. The number of hydroxylamine groups is 1. The molecule has 0 radical (unpaired) electrons. The molecule has 1 aliphatic rings. The van der Waals surface area contributed by atoms with E-state index in [4.69, 9.17) is 5.11 Å². The van der Waals surface area contributed by atoms with E-state index in [1.165, 1.54) is 7.05 Å². The summed E-state index contributed by atoms with van der Waals surface area (Å²) in [6, 6.07) is 4.41. The largest absolute Gasteiger partial charge is 0.748 e. The van der Waals surface area contributed by atoms with Crippen LogP contribution < -0.4 is 10.4 Å². The van der Waals surface area contributed by atoms with Gasteiger partial charge in [-0.15, -0.1) is 12.4 Å². The number of fused-ring (bicyclic) bond motifs is 1. The van der Waals surface area contributed by atoms with Crippen LogP contribution >= 0.6 is 12.4 Å². The molecular formula is C10H12ClN2O5S-. The van der Waals surface area contributed by atoms with Crippen LogP contribution in [-0.2, 0) is 26.9 Å². The fourth-order valence-corrected chi connectivity index (χ4v) is 2.08. The first-order chi connectivity index (χ1) is 8.47. The molecule has 0 fully saturated rings. The molecule has 0 bridgehead atoms. The van der Waals surface area contributed by atoms with Gasteiger partial charge in [0, 0.05) is 19.2 Å². The van der Waals surface area contributed by atoms with Crippen molar-refractivity contribution in [2.24, 2.45) is 0 Å². The Balaban J connectivity index is 0.00000180. The summed E-state index contributed by atoms with van der Waals surface area (Å²) in [4.78, 5) is 10.9. The summed E-state index contributed by atoms with van der Waals surface area (Å²) in [6.07, 6.45) is 0.406. The van der Waals surface area contributed by atoms with Crippen molar-refractivity contribution < 1.29 is 22.9 Å². The molecule has 7 nitrogen and oxygen atoms in total. The average molecular weight is 308 g/mol. The van der Waals surface area contributed by atoms with Gasteiger partial charge in [0.2, 0.25) is 0 Å². The number of benzene rings is 1. The normalized spacial score (nSPS) is 17.9. The van der Waals surface area contributed by atoms with E-state index < -0.39 is 23.4 Å². The number of carboxylic acid groups (broad SMARTS) is 1. The minimum absolute atomic E-state index is 0. The maximum atomic E-state index is 10.9. The third kappa shape index (κ3) is 3.57. The predicted octanol–water partition coefficient (Wildman–Crippen LogP) is 0.692. The highest BCUT2D eigenvalue weighted by Crippen LogP contribution is 2.30. The molecule has 106 valence electrons. The van der Waals surface area contributed by atoms with E-state index in [1.807, 2.05) is 0 Å². The molecule has 0 saturated carbocycles. The van der Waals surface area contributed by atoms with Crippen molar-refractivity contribution in [1.29, 1.82) is 0 Å². The van der Waals surface area contributed by atoms with Gasteiger partial charge in [0.25, 0.3) is 0 Å². The number of rotatable bonds is 4. The Hall–Kier alpha value is -1.35. The molecule has 1 aromatic rings. The fourth-order valence-electron chi connectivity index (χ4n) is 1.81. The lowest BCUT2D eigenvalue weighted by atomic mass is 10.1. The SMILES string of the molecule is CN(OS(=O)[O-])c1ccc2c(c1)NC(C(=O)O)C2.Cl. The molecule has 0 amide bonds. The Bertz CT molecular complexity index is 513. The van der Waals surface area contributed by atoms with Crippen LogP contribution in [0.15, 0.2) is 18.2 Å². The Morgan fingerprint density at radius 3 is 2.89 bits per heavy atom. The molecule has 0 spiro atoms. The highest BCUT2D eigenvalue weighted by molar-refractivity contribution is 7.74. The Morgan fingerprint density at radius 1 is 1.63 bits per heavy atom. The molecular weight excluding hydrogens is 296 g/mol. The van der Waals surface area contributed by atoms with Crippen molar-refractivity contribution in [2.75, 3.05) is 17.4 Å². The van der Waals surface area contributed by atoms with Crippen LogP contribution in [0.2, 0.25) is 0 Å². The second-order valence-electron chi connectivity index (χ2n) is 3.86. The van der Waals surface area contributed by atoms with Crippen molar-refractivity contribution in [1.82, 2.24) is 0 Å². The lowest BCUT2D eigenvalue weighted by molar-refractivity contribution is -0.137. The van der Waals surface area contributed by atoms with E-state index in [0.29, 0.717) is 17.8 Å². The maximum Gasteiger partial charge on any atom is 0.326 e. The molecule has 1 aliphatic heterocycles. The lowest BCUT2D eigenvalue weighted by Gasteiger charge is -2.19. The number of carboxylic acids is 1. The third-order valence-electron chi connectivity index (χ3n) is 2.68. The number of halogens is 1. The van der Waals surface area contributed by atoms with Crippen molar-refractivity contribution in [3.8, 4) is 0 Å². The topological polar surface area (TPSA) is 102 Å². The van der Waals surface area contributed by atoms with E-state index in [0.717, 1.165) is 10.6 Å². The quantitative estimate of drug-likeness (QED) is 0.623. The van der Waals surface area contributed by atoms with Gasteiger partial charge < -0.3 is 15.0 Å². The maximum absolute atomic E-state index is 10.9. The molecule has 0 saturated heterocycles. The van der Waals surface area contributed by atoms with Crippen LogP contribution in [0.5, 0.6) is 0 Å². The predicted molar refractivity (Wildman–Crippen MR) is 70.8 cm³/mol. The van der Waals surface area contributed by atoms with Crippen LogP contribution in [0.1, 0.15) is 5.56 Å². The molecule has 0 aromatic heterocycles. The van der Waals surface area contributed by atoms with E-state index in [2.05, 4.69) is 9.60 Å². The standard InChI is InChI=1S/C10H12N2O5S.ClH/c1-12(17-18(15)16)7-3-2-6-4-9(10(13)14)11-8(6)5-7;/h2-3,5,9,11H,4H2,1H3,(H,13,14)(H,15,16);1H/p-1. The summed E-state index contributed by atoms with van der Waals surface area (Å²) in [5.41, 5.74) is 2.06. The Labute approximate surface area is 118 Å². The van der Waals surface area contributed by atoms with E-state index in [-0.39, 0.29) is 12.4 Å². The highest BCUT2D eigenvalue weighted by atomic mass is 35.5. The monoisotopic (exact) mass is 307 g/mol. The van der Waals surface area contributed by atoms with E-state index in [1.54, 1.807) is 18.2 Å². The summed E-state index contributed by atoms with van der Waals surface area (Å²) < 4.78 is 25.3. The van der Waals surface area contributed by atoms with Crippen LogP contribution in [0.25, 0.3) is 0 Å². The Kier molecular flexibility index (Phi) is 5.12. The number of hydrogen-bond donors (Lipinski definition) is 2. The van der Waals surface area contributed by atoms with Gasteiger partial charge in [0.15, 0.2) is 0 Å². The van der Waals surface area contributed by atoms with Gasteiger partial charge in [-0.1, -0.05) is 6.07 Å². The van der Waals surface area contributed by atoms with E-state index in [9.17, 15) is 13.6 Å². The van der Waals surface area contributed by atoms with Crippen LogP contribution in [0, 0.1) is 0 Å². The zero-order chi connectivity index (χ0) is 13.3. The molecule has 0 aliphatic carbocycles. The fraction of sp³-hybridized carbons (Fsp3) is 0.300. The summed E-state index contributed by atoms with van der Waals surface area (Å²) in [5, 5.41) is 12.8. The van der Waals surface area contributed by atoms with Gasteiger partial charge in [0.05, 0.1) is 5.69 Å². The van der Waals surface area contributed by atoms with Gasteiger partial charge in [-0.05, 0) is 17.7 Å². The number of carbonyl (C=O) groups is 1. The first kappa shape index (κ1) is 15.7. The van der Waals surface area contributed by atoms with Gasteiger partial charge in [-0.2, -0.15) is 4.28 Å². The molecule has 19 heavy (non-hydrogen) atoms. The van der Waals surface area contributed by atoms with Gasteiger partial charge in [-0.25, -0.2) is 14.1 Å². The highest BCUT2D eigenvalue weighted by Gasteiger charge is 2.26. The van der Waals surface area contributed by atoms with Crippen molar-refractivity contribution >= 4 is 41.1 Å². The minimum atomic E-state index is -2.65. The van der Waals surface area contributed by atoms with E-state index >= 15 is 0 Å². The summed E-state index contributed by atoms with van der Waals surface area (Å²) in [5.74, 6) is -0.919. The first-order valence-corrected chi connectivity index (χ1v) is 6.11. The number of anilines is 2. The first-order valence-electron chi connectivity index (χ1n) is 5.11. The molecule has 9 heteroatoms. The minimum Gasteiger partial charge on any atom is -0.748 e. The second kappa shape index (κ2) is 6.20. The summed E-state index contributed by atoms with van der Waals surface area (Å²) in [6.45, 7) is 0. The second-order valence-corrected chi connectivity index (χ2v) is 4.41. The van der Waals surface area contributed by atoms with Gasteiger partial charge in [0.1, 0.15) is 17.4 Å². The third-order valence-corrected chi connectivity index (χ3v) is 3.03. The zero-order valence-electron chi connectivity index (χ0n) is 9.86. The number of aliphatic carboxylic acids is 1. The molecule has 2 N–H and O–H groups in total. The zero-order valence-corrected chi connectivity index (χ0v) is 11.5. The summed E-state index contributed by atoms with van der Waals surface area (Å²) >= 11 is -2.65. The van der Waals surface area contributed by atoms with Gasteiger partial charge in [-0.3, -0.25) is 0 Å². The Morgan fingerprint density at radius 2 is 2.32 bits per heavy atom. The molecule has 2 rings (SSSR count). The molecule has 1 heterocycles. The molecule has 1 aromatic carbocycles. The molecule has 2 atom stereocenters. The summed E-state index contributed by atoms with van der Waals surface area (Å²) in [7, 11) is 1.45. The van der Waals surface area contributed by atoms with Crippen molar-refractivity contribution in [3.63, 3.8) is 0 Å². The average Bonchev–Trinajstić information content (AvgIpc) is 2.70. The van der Waals surface area contributed by atoms with Crippen LogP contribution in [-0.4, -0.2) is 32.9 Å². The lowest BCUT2D eigenvalue weighted by Crippen LogP contribution is -2.26. The van der Waals surface area contributed by atoms with Crippen molar-refractivity contribution in [2.45, 2.75) is 12.5 Å². The van der Waals surface area contributed by atoms with Crippen LogP contribution in [0.3, 0.4) is 0 Å². The van der Waals surface area contributed by atoms with Crippen molar-refractivity contribution in [3.05, 3.63) is 23.8 Å². The smallest absolute Gasteiger partial charge is 0.326 e.